The van der Waals surface area contributed by atoms with E-state index in [1.165, 1.54) is 17.3 Å². The third kappa shape index (κ3) is 4.30. The van der Waals surface area contributed by atoms with E-state index in [2.05, 4.69) is 20.3 Å². The highest BCUT2D eigenvalue weighted by Gasteiger charge is 2.18. The number of benzene rings is 3. The van der Waals surface area contributed by atoms with Gasteiger partial charge < -0.3 is 4.52 Å². The molecule has 0 fully saturated rings. The molecule has 0 radical (unpaired) electrons. The summed E-state index contributed by atoms with van der Waals surface area (Å²) in [5.74, 6) is 2.32. The molecule has 0 bridgehead atoms. The first-order chi connectivity index (χ1) is 15.7. The Bertz CT molecular complexity index is 1330. The summed E-state index contributed by atoms with van der Waals surface area (Å²) in [4.78, 5) is 4.53. The van der Waals surface area contributed by atoms with Crippen LogP contribution in [0.15, 0.2) is 88.5 Å². The molecule has 5 aromatic rings. The van der Waals surface area contributed by atoms with E-state index in [0.717, 1.165) is 27.8 Å². The van der Waals surface area contributed by atoms with E-state index in [-0.39, 0.29) is 0 Å². The van der Waals surface area contributed by atoms with Gasteiger partial charge in [-0.2, -0.15) is 4.98 Å². The molecular formula is C24H18ClN5OS. The average molecular weight is 460 g/mol. The van der Waals surface area contributed by atoms with Crippen molar-refractivity contribution < 1.29 is 4.52 Å². The summed E-state index contributed by atoms with van der Waals surface area (Å²) >= 11 is 7.58. The molecule has 2 heterocycles. The fraction of sp³-hybridized carbons (Fsp3) is 0.0833. The molecule has 0 unspecified atom stereocenters. The molecule has 158 valence electrons. The molecule has 0 atom stereocenters. The molecule has 0 aliphatic heterocycles. The zero-order chi connectivity index (χ0) is 21.9. The van der Waals surface area contributed by atoms with Gasteiger partial charge in [-0.15, -0.1) is 10.2 Å². The Hall–Kier alpha value is -3.42. The molecule has 0 saturated carbocycles. The summed E-state index contributed by atoms with van der Waals surface area (Å²) in [6, 6.07) is 25.6. The highest BCUT2D eigenvalue weighted by molar-refractivity contribution is 7.98. The Kier molecular flexibility index (Phi) is 5.75. The van der Waals surface area contributed by atoms with E-state index in [1.807, 2.05) is 90.4 Å². The van der Waals surface area contributed by atoms with E-state index in [9.17, 15) is 0 Å². The van der Waals surface area contributed by atoms with Gasteiger partial charge in [0.25, 0.3) is 0 Å². The second kappa shape index (κ2) is 8.98. The number of aryl methyl sites for hydroxylation is 1. The van der Waals surface area contributed by atoms with Crippen molar-refractivity contribution in [3.8, 4) is 28.5 Å². The van der Waals surface area contributed by atoms with Crippen LogP contribution in [0, 0.1) is 6.92 Å². The number of aromatic nitrogens is 5. The van der Waals surface area contributed by atoms with Crippen LogP contribution in [0.1, 0.15) is 11.5 Å². The molecular weight excluding hydrogens is 442 g/mol. The molecule has 6 nitrogen and oxygen atoms in total. The maximum atomic E-state index is 6.10. The minimum Gasteiger partial charge on any atom is -0.338 e. The first-order valence-corrected chi connectivity index (χ1v) is 11.3. The Balaban J connectivity index is 1.43. The van der Waals surface area contributed by atoms with Crippen LogP contribution in [0.4, 0.5) is 0 Å². The van der Waals surface area contributed by atoms with E-state index in [1.54, 1.807) is 0 Å². The Labute approximate surface area is 194 Å². The predicted molar refractivity (Wildman–Crippen MR) is 126 cm³/mol. The number of halogens is 1. The summed E-state index contributed by atoms with van der Waals surface area (Å²) in [5, 5.41) is 14.4. The predicted octanol–water partition coefficient (Wildman–Crippen LogP) is 6.24. The molecule has 0 amide bonds. The van der Waals surface area contributed by atoms with Gasteiger partial charge in [0.2, 0.25) is 11.7 Å². The molecule has 3 aromatic carbocycles. The van der Waals surface area contributed by atoms with Crippen LogP contribution in [0.5, 0.6) is 0 Å². The van der Waals surface area contributed by atoms with Crippen LogP contribution < -0.4 is 0 Å². The quantitative estimate of drug-likeness (QED) is 0.280. The lowest BCUT2D eigenvalue weighted by atomic mass is 10.1. The first-order valence-electron chi connectivity index (χ1n) is 9.96. The number of rotatable bonds is 6. The monoisotopic (exact) mass is 459 g/mol. The Morgan fingerprint density at radius 3 is 2.38 bits per heavy atom. The number of hydrogen-bond donors (Lipinski definition) is 0. The van der Waals surface area contributed by atoms with Crippen LogP contribution in [0.25, 0.3) is 28.5 Å². The van der Waals surface area contributed by atoms with Crippen LogP contribution >= 0.6 is 23.4 Å². The van der Waals surface area contributed by atoms with Gasteiger partial charge in [-0.3, -0.25) is 4.57 Å². The normalized spacial score (nSPS) is 11.1. The van der Waals surface area contributed by atoms with E-state index >= 15 is 0 Å². The second-order valence-electron chi connectivity index (χ2n) is 7.15. The van der Waals surface area contributed by atoms with Crippen LogP contribution in [0.2, 0.25) is 5.02 Å². The van der Waals surface area contributed by atoms with Gasteiger partial charge in [-0.05, 0) is 31.2 Å². The minimum atomic E-state index is 0.472. The van der Waals surface area contributed by atoms with E-state index < -0.39 is 0 Å². The summed E-state index contributed by atoms with van der Waals surface area (Å²) in [7, 11) is 0. The van der Waals surface area contributed by atoms with Gasteiger partial charge in [0.15, 0.2) is 11.0 Å². The summed E-state index contributed by atoms with van der Waals surface area (Å²) in [5.41, 5.74) is 4.00. The summed E-state index contributed by atoms with van der Waals surface area (Å²) in [6.07, 6.45) is 0. The van der Waals surface area contributed by atoms with Crippen LogP contribution in [-0.4, -0.2) is 24.9 Å². The second-order valence-corrected chi connectivity index (χ2v) is 8.53. The number of nitrogens with zero attached hydrogens (tertiary/aromatic N) is 5. The maximum absolute atomic E-state index is 6.10. The highest BCUT2D eigenvalue weighted by atomic mass is 35.5. The lowest BCUT2D eigenvalue weighted by Gasteiger charge is -2.10. The van der Waals surface area contributed by atoms with Gasteiger partial charge in [0.1, 0.15) is 0 Å². The van der Waals surface area contributed by atoms with Gasteiger partial charge in [-0.25, -0.2) is 0 Å². The van der Waals surface area contributed by atoms with Crippen LogP contribution in [0.3, 0.4) is 0 Å². The Morgan fingerprint density at radius 1 is 0.875 bits per heavy atom. The van der Waals surface area contributed by atoms with E-state index in [0.29, 0.717) is 22.5 Å². The topological polar surface area (TPSA) is 69.6 Å². The summed E-state index contributed by atoms with van der Waals surface area (Å²) < 4.78 is 7.47. The SMILES string of the molecule is Cc1ccc(-c2noc(CSc3nnc(-c4ccccc4)n3-c3ccc(Cl)cc3)n2)cc1. The van der Waals surface area contributed by atoms with Crippen molar-refractivity contribution in [2.45, 2.75) is 17.8 Å². The van der Waals surface area contributed by atoms with Crippen molar-refractivity contribution in [2.24, 2.45) is 0 Å². The first kappa shape index (κ1) is 20.5. The molecule has 2 aromatic heterocycles. The van der Waals surface area contributed by atoms with Crippen LogP contribution in [-0.2, 0) is 5.75 Å². The zero-order valence-corrected chi connectivity index (χ0v) is 18.7. The lowest BCUT2D eigenvalue weighted by Crippen LogP contribution is -1.99. The van der Waals surface area contributed by atoms with Gasteiger partial charge in [0.05, 0.1) is 5.75 Å². The number of thioether (sulfide) groups is 1. The number of hydrogen-bond acceptors (Lipinski definition) is 6. The molecule has 0 N–H and O–H groups in total. The van der Waals surface area contributed by atoms with Crippen molar-refractivity contribution in [2.75, 3.05) is 0 Å². The third-order valence-corrected chi connectivity index (χ3v) is 6.02. The van der Waals surface area contributed by atoms with Crippen molar-refractivity contribution in [1.82, 2.24) is 24.9 Å². The maximum Gasteiger partial charge on any atom is 0.237 e. The fourth-order valence-corrected chi connectivity index (χ4v) is 4.14. The smallest absolute Gasteiger partial charge is 0.237 e. The average Bonchev–Trinajstić information content (AvgIpc) is 3.47. The largest absolute Gasteiger partial charge is 0.338 e. The van der Waals surface area contributed by atoms with Gasteiger partial charge in [0, 0.05) is 21.8 Å². The van der Waals surface area contributed by atoms with Crippen molar-refractivity contribution in [3.05, 3.63) is 95.3 Å². The van der Waals surface area contributed by atoms with Gasteiger partial charge in [-0.1, -0.05) is 88.7 Å². The molecule has 0 saturated heterocycles. The standard InChI is InChI=1S/C24H18ClN5OS/c1-16-7-9-17(10-8-16)22-26-21(31-29-22)15-32-24-28-27-23(18-5-3-2-4-6-18)30(24)20-13-11-19(25)12-14-20/h2-14H,15H2,1H3. The molecule has 8 heteroatoms. The molecule has 0 aliphatic carbocycles. The van der Waals surface area contributed by atoms with Gasteiger partial charge >= 0.3 is 0 Å². The van der Waals surface area contributed by atoms with Crippen molar-refractivity contribution in [3.63, 3.8) is 0 Å². The van der Waals surface area contributed by atoms with Crippen molar-refractivity contribution >= 4 is 23.4 Å². The molecule has 0 spiro atoms. The van der Waals surface area contributed by atoms with E-state index in [4.69, 9.17) is 16.1 Å². The molecule has 5 rings (SSSR count). The summed E-state index contributed by atoms with van der Waals surface area (Å²) in [6.45, 7) is 2.04. The molecule has 32 heavy (non-hydrogen) atoms. The lowest BCUT2D eigenvalue weighted by molar-refractivity contribution is 0.391. The highest BCUT2D eigenvalue weighted by Crippen LogP contribution is 2.30. The minimum absolute atomic E-state index is 0.472. The third-order valence-electron chi connectivity index (χ3n) is 4.85. The fourth-order valence-electron chi connectivity index (χ4n) is 3.22. The molecule has 0 aliphatic rings. The zero-order valence-electron chi connectivity index (χ0n) is 17.1. The van der Waals surface area contributed by atoms with Crippen molar-refractivity contribution in [1.29, 1.82) is 0 Å². The Morgan fingerprint density at radius 2 is 1.62 bits per heavy atom.